The van der Waals surface area contributed by atoms with E-state index in [0.717, 1.165) is 0 Å². The first-order chi connectivity index (χ1) is 6.43. The van der Waals surface area contributed by atoms with Crippen LogP contribution in [0.3, 0.4) is 0 Å². The Morgan fingerprint density at radius 3 is 2.29 bits per heavy atom. The van der Waals surface area contributed by atoms with Gasteiger partial charge in [0.05, 0.1) is 13.1 Å². The van der Waals surface area contributed by atoms with Crippen LogP contribution in [0.1, 0.15) is 0 Å². The standard InChI is InChI=1S/C6H11N3O5/c7-4(11)2-9-6(14)8-1-3(10)5(12)13/h3,10H,1-2H2,(H2,7,11)(H,12,13)(H2,8,9,14)/t3-/m0/s1. The number of carbonyl (C=O) groups excluding carboxylic acids is 2. The second-order valence-electron chi connectivity index (χ2n) is 2.38. The average Bonchev–Trinajstić information content (AvgIpc) is 2.10. The van der Waals surface area contributed by atoms with Crippen molar-refractivity contribution in [2.45, 2.75) is 6.10 Å². The van der Waals surface area contributed by atoms with Gasteiger partial charge in [-0.3, -0.25) is 4.79 Å². The number of hydrogen-bond donors (Lipinski definition) is 5. The number of amides is 3. The van der Waals surface area contributed by atoms with Crippen molar-refractivity contribution in [2.24, 2.45) is 5.73 Å². The van der Waals surface area contributed by atoms with Crippen LogP contribution in [0.4, 0.5) is 4.79 Å². The predicted molar refractivity (Wildman–Crippen MR) is 44.2 cm³/mol. The van der Waals surface area contributed by atoms with Crippen LogP contribution in [0.25, 0.3) is 0 Å². The summed E-state index contributed by atoms with van der Waals surface area (Å²) in [6.07, 6.45) is -1.67. The van der Waals surface area contributed by atoms with Gasteiger partial charge in [-0.2, -0.15) is 0 Å². The Morgan fingerprint density at radius 1 is 1.29 bits per heavy atom. The van der Waals surface area contributed by atoms with Gasteiger partial charge in [-0.25, -0.2) is 9.59 Å². The van der Waals surface area contributed by atoms with Gasteiger partial charge < -0.3 is 26.6 Å². The average molecular weight is 205 g/mol. The largest absolute Gasteiger partial charge is 0.479 e. The van der Waals surface area contributed by atoms with Gasteiger partial charge >= 0.3 is 12.0 Å². The second kappa shape index (κ2) is 5.75. The number of nitrogens with one attached hydrogen (secondary N) is 2. The maximum atomic E-state index is 10.7. The van der Waals surface area contributed by atoms with Gasteiger partial charge in [0, 0.05) is 0 Å². The number of carboxylic acid groups (broad SMARTS) is 1. The smallest absolute Gasteiger partial charge is 0.334 e. The van der Waals surface area contributed by atoms with E-state index in [0.29, 0.717) is 0 Å². The molecule has 0 bridgehead atoms. The summed E-state index contributed by atoms with van der Waals surface area (Å²) in [7, 11) is 0. The number of aliphatic carboxylic acids is 1. The Hall–Kier alpha value is -1.83. The summed E-state index contributed by atoms with van der Waals surface area (Å²) in [5, 5.41) is 21.0. The highest BCUT2D eigenvalue weighted by atomic mass is 16.4. The number of hydrogen-bond acceptors (Lipinski definition) is 4. The molecule has 0 saturated heterocycles. The Morgan fingerprint density at radius 2 is 1.86 bits per heavy atom. The summed E-state index contributed by atoms with van der Waals surface area (Å²) in [6.45, 7) is -0.797. The molecule has 8 heteroatoms. The van der Waals surface area contributed by atoms with Crippen molar-refractivity contribution in [2.75, 3.05) is 13.1 Å². The zero-order valence-electron chi connectivity index (χ0n) is 7.19. The molecule has 0 radical (unpaired) electrons. The summed E-state index contributed by atoms with van der Waals surface area (Å²) in [4.78, 5) is 31.0. The van der Waals surface area contributed by atoms with E-state index in [-0.39, 0.29) is 6.54 Å². The van der Waals surface area contributed by atoms with Crippen molar-refractivity contribution in [1.82, 2.24) is 10.6 Å². The number of nitrogens with two attached hydrogens (primary N) is 1. The lowest BCUT2D eigenvalue weighted by Gasteiger charge is -2.07. The summed E-state index contributed by atoms with van der Waals surface area (Å²) in [5.74, 6) is -2.17. The van der Waals surface area contributed by atoms with Crippen LogP contribution < -0.4 is 16.4 Å². The third kappa shape index (κ3) is 5.77. The van der Waals surface area contributed by atoms with E-state index < -0.39 is 30.6 Å². The maximum absolute atomic E-state index is 10.7. The van der Waals surface area contributed by atoms with Gasteiger partial charge in [-0.05, 0) is 0 Å². The van der Waals surface area contributed by atoms with Gasteiger partial charge in [0.15, 0.2) is 6.10 Å². The predicted octanol–water partition coefficient (Wildman–Crippen LogP) is -2.78. The van der Waals surface area contributed by atoms with Crippen LogP contribution >= 0.6 is 0 Å². The lowest BCUT2D eigenvalue weighted by atomic mass is 10.4. The Balaban J connectivity index is 3.64. The molecule has 0 spiro atoms. The summed E-state index contributed by atoms with van der Waals surface area (Å²) in [5.41, 5.74) is 4.72. The highest BCUT2D eigenvalue weighted by molar-refractivity contribution is 5.83. The molecule has 0 heterocycles. The molecule has 1 atom stereocenters. The summed E-state index contributed by atoms with van der Waals surface area (Å²) >= 11 is 0. The highest BCUT2D eigenvalue weighted by Gasteiger charge is 2.13. The normalized spacial score (nSPS) is 11.5. The number of aliphatic hydroxyl groups excluding tert-OH is 1. The van der Waals surface area contributed by atoms with Crippen LogP contribution in [0.5, 0.6) is 0 Å². The van der Waals surface area contributed by atoms with Crippen molar-refractivity contribution < 1.29 is 24.6 Å². The number of carbonyl (C=O) groups is 3. The van der Waals surface area contributed by atoms with E-state index in [1.54, 1.807) is 0 Å². The molecule has 0 aromatic heterocycles. The summed E-state index contributed by atoms with van der Waals surface area (Å²) in [6, 6.07) is -0.774. The lowest BCUT2D eigenvalue weighted by molar-refractivity contribution is -0.146. The van der Waals surface area contributed by atoms with Gasteiger partial charge in [-0.1, -0.05) is 0 Å². The van der Waals surface area contributed by atoms with Gasteiger partial charge in [0.2, 0.25) is 5.91 Å². The fourth-order valence-corrected chi connectivity index (χ4v) is 0.507. The molecule has 6 N–H and O–H groups in total. The van der Waals surface area contributed by atoms with E-state index in [1.165, 1.54) is 0 Å². The second-order valence-corrected chi connectivity index (χ2v) is 2.38. The topological polar surface area (TPSA) is 142 Å². The number of urea groups is 1. The fraction of sp³-hybridized carbons (Fsp3) is 0.500. The van der Waals surface area contributed by atoms with Crippen molar-refractivity contribution in [3.8, 4) is 0 Å². The Kier molecular flexibility index (Phi) is 5.00. The van der Waals surface area contributed by atoms with Crippen LogP contribution in [0.15, 0.2) is 0 Å². The number of carboxylic acids is 1. The molecule has 0 rings (SSSR count). The van der Waals surface area contributed by atoms with E-state index in [9.17, 15) is 14.4 Å². The van der Waals surface area contributed by atoms with Crippen LogP contribution in [0, 0.1) is 0 Å². The SMILES string of the molecule is NC(=O)CNC(=O)NC[C@H](O)C(=O)O. The highest BCUT2D eigenvalue weighted by Crippen LogP contribution is 1.79. The van der Waals surface area contributed by atoms with Crippen molar-refractivity contribution in [1.29, 1.82) is 0 Å². The number of primary amides is 1. The molecule has 0 fully saturated rings. The van der Waals surface area contributed by atoms with E-state index in [1.807, 2.05) is 10.6 Å². The Labute approximate surface area is 79.1 Å². The van der Waals surface area contributed by atoms with E-state index >= 15 is 0 Å². The third-order valence-corrected chi connectivity index (χ3v) is 1.16. The number of aliphatic hydroxyl groups is 1. The van der Waals surface area contributed by atoms with Gasteiger partial charge in [-0.15, -0.1) is 0 Å². The molecule has 0 aromatic carbocycles. The first-order valence-corrected chi connectivity index (χ1v) is 3.64. The molecule has 0 aliphatic rings. The minimum Gasteiger partial charge on any atom is -0.479 e. The molecular weight excluding hydrogens is 194 g/mol. The van der Waals surface area contributed by atoms with Gasteiger partial charge in [0.25, 0.3) is 0 Å². The van der Waals surface area contributed by atoms with Crippen molar-refractivity contribution >= 4 is 17.9 Å². The minimum atomic E-state index is -1.67. The zero-order valence-corrected chi connectivity index (χ0v) is 7.19. The Bertz CT molecular complexity index is 242. The fourth-order valence-electron chi connectivity index (χ4n) is 0.507. The molecule has 3 amide bonds. The van der Waals surface area contributed by atoms with Crippen LogP contribution in [-0.4, -0.2) is 47.3 Å². The molecule has 80 valence electrons. The third-order valence-electron chi connectivity index (χ3n) is 1.16. The lowest BCUT2D eigenvalue weighted by Crippen LogP contribution is -2.44. The van der Waals surface area contributed by atoms with Gasteiger partial charge in [0.1, 0.15) is 0 Å². The molecule has 0 unspecified atom stereocenters. The molecule has 0 aliphatic carbocycles. The minimum absolute atomic E-state index is 0.352. The molecule has 8 nitrogen and oxygen atoms in total. The first kappa shape index (κ1) is 12.2. The zero-order chi connectivity index (χ0) is 11.1. The summed E-state index contributed by atoms with van der Waals surface area (Å²) < 4.78 is 0. The van der Waals surface area contributed by atoms with Crippen molar-refractivity contribution in [3.05, 3.63) is 0 Å². The molecule has 14 heavy (non-hydrogen) atoms. The van der Waals surface area contributed by atoms with Crippen molar-refractivity contribution in [3.63, 3.8) is 0 Å². The van der Waals surface area contributed by atoms with E-state index in [4.69, 9.17) is 15.9 Å². The quantitative estimate of drug-likeness (QED) is 0.330. The molecule has 0 aromatic rings. The maximum Gasteiger partial charge on any atom is 0.334 e. The first-order valence-electron chi connectivity index (χ1n) is 3.64. The van der Waals surface area contributed by atoms with E-state index in [2.05, 4.69) is 0 Å². The molecule has 0 saturated carbocycles. The number of rotatable bonds is 5. The monoisotopic (exact) mass is 205 g/mol. The molecule has 0 aliphatic heterocycles. The molecular formula is C6H11N3O5. The van der Waals surface area contributed by atoms with Crippen LogP contribution in [0.2, 0.25) is 0 Å². The van der Waals surface area contributed by atoms with Crippen LogP contribution in [-0.2, 0) is 9.59 Å².